The van der Waals surface area contributed by atoms with Crippen LogP contribution in [0.25, 0.3) is 5.69 Å². The van der Waals surface area contributed by atoms with Gasteiger partial charge in [-0.15, -0.1) is 0 Å². The lowest BCUT2D eigenvalue weighted by Crippen LogP contribution is -2.04. The molecule has 0 radical (unpaired) electrons. The van der Waals surface area contributed by atoms with Crippen molar-refractivity contribution in [2.45, 2.75) is 13.3 Å². The number of nitrogens with zero attached hydrogens (tertiary/aromatic N) is 2. The van der Waals surface area contributed by atoms with Gasteiger partial charge in [0.25, 0.3) is 0 Å². The van der Waals surface area contributed by atoms with Crippen molar-refractivity contribution in [2.75, 3.05) is 5.73 Å². The van der Waals surface area contributed by atoms with Crippen LogP contribution in [0.15, 0.2) is 18.2 Å². The molecule has 90 valence electrons. The average Bonchev–Trinajstić information content (AvgIpc) is 2.66. The highest BCUT2D eigenvalue weighted by molar-refractivity contribution is 5.39. The molecule has 2 aromatic rings. The first-order valence-corrected chi connectivity index (χ1v) is 5.02. The summed E-state index contributed by atoms with van der Waals surface area (Å²) in [4.78, 5) is 0. The Morgan fingerprint density at radius 1 is 1.18 bits per heavy atom. The first-order valence-electron chi connectivity index (χ1n) is 5.02. The van der Waals surface area contributed by atoms with Crippen molar-refractivity contribution in [3.8, 4) is 5.69 Å². The first kappa shape index (κ1) is 11.5. The minimum Gasteiger partial charge on any atom is -0.382 e. The molecule has 0 spiro atoms. The second kappa shape index (κ2) is 4.12. The fourth-order valence-corrected chi connectivity index (χ4v) is 1.58. The smallest absolute Gasteiger partial charge is 0.194 e. The van der Waals surface area contributed by atoms with E-state index in [0.717, 1.165) is 12.1 Å². The number of hydrogen-bond acceptors (Lipinski definition) is 2. The molecule has 0 saturated carbocycles. The molecule has 0 aliphatic carbocycles. The van der Waals surface area contributed by atoms with Gasteiger partial charge in [0.2, 0.25) is 0 Å². The number of nitrogens with two attached hydrogens (primary N) is 1. The Bertz CT molecular complexity index is 540. The minimum absolute atomic E-state index is 0.106. The van der Waals surface area contributed by atoms with Crippen molar-refractivity contribution in [1.29, 1.82) is 0 Å². The summed E-state index contributed by atoms with van der Waals surface area (Å²) in [5.74, 6) is -3.76. The molecule has 1 aromatic carbocycles. The Kier molecular flexibility index (Phi) is 2.79. The van der Waals surface area contributed by atoms with Crippen LogP contribution >= 0.6 is 0 Å². The Hall–Kier alpha value is -1.98. The third kappa shape index (κ3) is 1.98. The van der Waals surface area contributed by atoms with Gasteiger partial charge in [-0.2, -0.15) is 5.10 Å². The van der Waals surface area contributed by atoms with E-state index in [1.807, 2.05) is 6.92 Å². The summed E-state index contributed by atoms with van der Waals surface area (Å²) in [6.45, 7) is 1.85. The van der Waals surface area contributed by atoms with Gasteiger partial charge in [0, 0.05) is 23.9 Å². The monoisotopic (exact) mass is 241 g/mol. The van der Waals surface area contributed by atoms with Crippen LogP contribution in [0.5, 0.6) is 0 Å². The molecule has 0 atom stereocenters. The number of aromatic nitrogens is 2. The van der Waals surface area contributed by atoms with Gasteiger partial charge in [-0.3, -0.25) is 0 Å². The molecule has 0 bridgehead atoms. The summed E-state index contributed by atoms with van der Waals surface area (Å²) in [6, 6.07) is 3.35. The number of halogens is 3. The lowest BCUT2D eigenvalue weighted by Gasteiger charge is -2.06. The van der Waals surface area contributed by atoms with Gasteiger partial charge in [0.1, 0.15) is 5.82 Å². The number of anilines is 1. The van der Waals surface area contributed by atoms with Crippen LogP contribution in [0, 0.1) is 17.5 Å². The Morgan fingerprint density at radius 3 is 2.29 bits per heavy atom. The average molecular weight is 241 g/mol. The maximum atomic E-state index is 13.1. The molecule has 0 unspecified atom stereocenters. The highest BCUT2D eigenvalue weighted by Gasteiger charge is 2.14. The maximum absolute atomic E-state index is 13.1. The third-order valence-corrected chi connectivity index (χ3v) is 2.38. The number of hydrogen-bond donors (Lipinski definition) is 1. The standard InChI is InChI=1S/C11H10F3N3/c1-2-6-5-10(15)16-17(6)7-3-8(12)11(14)9(13)4-7/h3-5H,2H2,1H3,(H2,15,16). The predicted molar refractivity (Wildman–Crippen MR) is 57.2 cm³/mol. The number of benzene rings is 1. The van der Waals surface area contributed by atoms with E-state index < -0.39 is 17.5 Å². The van der Waals surface area contributed by atoms with Gasteiger partial charge in [0.15, 0.2) is 17.5 Å². The summed E-state index contributed by atoms with van der Waals surface area (Å²) in [5.41, 5.74) is 6.30. The fraction of sp³-hybridized carbons (Fsp3) is 0.182. The summed E-state index contributed by atoms with van der Waals surface area (Å²) in [6.07, 6.45) is 0.588. The number of aryl methyl sites for hydroxylation is 1. The maximum Gasteiger partial charge on any atom is 0.194 e. The zero-order valence-electron chi connectivity index (χ0n) is 9.04. The number of rotatable bonds is 2. The van der Waals surface area contributed by atoms with Gasteiger partial charge in [-0.25, -0.2) is 17.9 Å². The first-order chi connectivity index (χ1) is 8.02. The van der Waals surface area contributed by atoms with E-state index in [0.29, 0.717) is 12.1 Å². The second-order valence-electron chi connectivity index (χ2n) is 3.55. The summed E-state index contributed by atoms with van der Waals surface area (Å²) in [5, 5.41) is 3.90. The van der Waals surface area contributed by atoms with Crippen molar-refractivity contribution >= 4 is 5.82 Å². The van der Waals surface area contributed by atoms with Crippen molar-refractivity contribution in [1.82, 2.24) is 9.78 Å². The van der Waals surface area contributed by atoms with Crippen molar-refractivity contribution in [2.24, 2.45) is 0 Å². The van der Waals surface area contributed by atoms with Crippen LogP contribution < -0.4 is 5.73 Å². The molecular formula is C11H10F3N3. The molecule has 6 heteroatoms. The molecule has 2 rings (SSSR count). The predicted octanol–water partition coefficient (Wildman–Crippen LogP) is 2.43. The van der Waals surface area contributed by atoms with Crippen LogP contribution in [0.1, 0.15) is 12.6 Å². The molecule has 0 amide bonds. The lowest BCUT2D eigenvalue weighted by molar-refractivity contribution is 0.446. The van der Waals surface area contributed by atoms with Crippen LogP contribution in [-0.2, 0) is 6.42 Å². The van der Waals surface area contributed by atoms with E-state index in [-0.39, 0.29) is 11.5 Å². The molecule has 0 fully saturated rings. The summed E-state index contributed by atoms with van der Waals surface area (Å²) < 4.78 is 40.3. The molecule has 17 heavy (non-hydrogen) atoms. The highest BCUT2D eigenvalue weighted by Crippen LogP contribution is 2.19. The van der Waals surface area contributed by atoms with E-state index in [1.54, 1.807) is 6.07 Å². The zero-order chi connectivity index (χ0) is 12.6. The Labute approximate surface area is 95.7 Å². The van der Waals surface area contributed by atoms with Gasteiger partial charge in [-0.1, -0.05) is 6.92 Å². The normalized spacial score (nSPS) is 10.8. The van der Waals surface area contributed by atoms with Gasteiger partial charge in [0.05, 0.1) is 5.69 Å². The Morgan fingerprint density at radius 2 is 1.76 bits per heavy atom. The van der Waals surface area contributed by atoms with E-state index in [4.69, 9.17) is 5.73 Å². The van der Waals surface area contributed by atoms with Crippen molar-refractivity contribution in [3.05, 3.63) is 41.3 Å². The number of nitrogen functional groups attached to an aromatic ring is 1. The van der Waals surface area contributed by atoms with Crippen LogP contribution in [0.3, 0.4) is 0 Å². The lowest BCUT2D eigenvalue weighted by atomic mass is 10.2. The van der Waals surface area contributed by atoms with Gasteiger partial charge in [-0.05, 0) is 6.42 Å². The van der Waals surface area contributed by atoms with Crippen LogP contribution in [-0.4, -0.2) is 9.78 Å². The van der Waals surface area contributed by atoms with E-state index in [9.17, 15) is 13.2 Å². The fourth-order valence-electron chi connectivity index (χ4n) is 1.58. The molecule has 0 aliphatic heterocycles. The topological polar surface area (TPSA) is 43.8 Å². The van der Waals surface area contributed by atoms with Crippen LogP contribution in [0.2, 0.25) is 0 Å². The molecule has 0 saturated heterocycles. The largest absolute Gasteiger partial charge is 0.382 e. The third-order valence-electron chi connectivity index (χ3n) is 2.38. The molecule has 0 aliphatic rings. The van der Waals surface area contributed by atoms with Crippen molar-refractivity contribution in [3.63, 3.8) is 0 Å². The van der Waals surface area contributed by atoms with Crippen LogP contribution in [0.4, 0.5) is 19.0 Å². The molecular weight excluding hydrogens is 231 g/mol. The van der Waals surface area contributed by atoms with E-state index in [1.165, 1.54) is 4.68 Å². The van der Waals surface area contributed by atoms with E-state index in [2.05, 4.69) is 5.10 Å². The second-order valence-corrected chi connectivity index (χ2v) is 3.55. The molecule has 3 nitrogen and oxygen atoms in total. The van der Waals surface area contributed by atoms with E-state index >= 15 is 0 Å². The van der Waals surface area contributed by atoms with Crippen molar-refractivity contribution < 1.29 is 13.2 Å². The summed E-state index contributed by atoms with van der Waals surface area (Å²) in [7, 11) is 0. The minimum atomic E-state index is -1.49. The molecule has 1 heterocycles. The zero-order valence-corrected chi connectivity index (χ0v) is 9.04. The highest BCUT2D eigenvalue weighted by atomic mass is 19.2. The van der Waals surface area contributed by atoms with Gasteiger partial charge < -0.3 is 5.73 Å². The molecule has 2 N–H and O–H groups in total. The summed E-state index contributed by atoms with van der Waals surface area (Å²) >= 11 is 0. The van der Waals surface area contributed by atoms with Gasteiger partial charge >= 0.3 is 0 Å². The SMILES string of the molecule is CCc1cc(N)nn1-c1cc(F)c(F)c(F)c1. The quantitative estimate of drug-likeness (QED) is 0.820. The molecule has 1 aromatic heterocycles. The Balaban J connectivity index is 2.60.